The molecule has 3 heterocycles. The number of aromatic nitrogens is 6. The number of thioether (sulfide) groups is 1. The molecule has 0 saturated heterocycles. The molecule has 0 saturated carbocycles. The highest BCUT2D eigenvalue weighted by Gasteiger charge is 2.14. The lowest BCUT2D eigenvalue weighted by Crippen LogP contribution is -1.98. The van der Waals surface area contributed by atoms with Gasteiger partial charge in [-0.05, 0) is 46.8 Å². The SMILES string of the molecule is Clc1ccc(-n2nnnc2SCc2nc(-c3ccco3)no2)cc1. The zero-order valence-electron chi connectivity index (χ0n) is 12.0. The first kappa shape index (κ1) is 14.9. The zero-order chi connectivity index (χ0) is 16.4. The van der Waals surface area contributed by atoms with Gasteiger partial charge in [0.05, 0.1) is 17.7 Å². The first-order chi connectivity index (χ1) is 11.8. The molecule has 0 aliphatic carbocycles. The number of benzene rings is 1. The maximum absolute atomic E-state index is 5.90. The Morgan fingerprint density at radius 2 is 2.04 bits per heavy atom. The van der Waals surface area contributed by atoms with Crippen LogP contribution in [-0.2, 0) is 5.75 Å². The quantitative estimate of drug-likeness (QED) is 0.500. The van der Waals surface area contributed by atoms with E-state index in [0.29, 0.717) is 33.4 Å². The Bertz CT molecular complexity index is 935. The Hall–Kier alpha value is -2.65. The van der Waals surface area contributed by atoms with Crippen molar-refractivity contribution in [1.82, 2.24) is 30.3 Å². The molecule has 24 heavy (non-hydrogen) atoms. The summed E-state index contributed by atoms with van der Waals surface area (Å²) < 4.78 is 12.1. The van der Waals surface area contributed by atoms with Gasteiger partial charge in [0.1, 0.15) is 0 Å². The van der Waals surface area contributed by atoms with Crippen LogP contribution < -0.4 is 0 Å². The smallest absolute Gasteiger partial charge is 0.238 e. The van der Waals surface area contributed by atoms with Crippen LogP contribution in [0.5, 0.6) is 0 Å². The third-order valence-corrected chi connectivity index (χ3v) is 4.20. The molecule has 4 aromatic rings. The molecule has 3 aromatic heterocycles. The summed E-state index contributed by atoms with van der Waals surface area (Å²) in [6.45, 7) is 0. The second kappa shape index (κ2) is 6.46. The van der Waals surface area contributed by atoms with Crippen LogP contribution in [-0.4, -0.2) is 30.3 Å². The molecule has 0 aliphatic heterocycles. The van der Waals surface area contributed by atoms with Gasteiger partial charge in [0, 0.05) is 5.02 Å². The second-order valence-electron chi connectivity index (χ2n) is 4.63. The first-order valence-electron chi connectivity index (χ1n) is 6.83. The number of furan rings is 1. The highest BCUT2D eigenvalue weighted by atomic mass is 35.5. The van der Waals surface area contributed by atoms with Crippen molar-refractivity contribution in [2.24, 2.45) is 0 Å². The fourth-order valence-corrected chi connectivity index (χ4v) is 2.81. The predicted octanol–water partition coefficient (Wildman–Crippen LogP) is 3.25. The highest BCUT2D eigenvalue weighted by Crippen LogP contribution is 2.24. The second-order valence-corrected chi connectivity index (χ2v) is 6.01. The number of hydrogen-bond donors (Lipinski definition) is 0. The summed E-state index contributed by atoms with van der Waals surface area (Å²) in [5, 5.41) is 16.8. The molecule has 0 unspecified atom stereocenters. The van der Waals surface area contributed by atoms with E-state index >= 15 is 0 Å². The standard InChI is InChI=1S/C14H9ClN6O2S/c15-9-3-5-10(6-4-9)21-14(17-19-20-21)24-8-12-16-13(18-23-12)11-2-1-7-22-11/h1-7H,8H2. The average Bonchev–Trinajstić information content (AvgIpc) is 3.34. The van der Waals surface area contributed by atoms with E-state index in [9.17, 15) is 0 Å². The summed E-state index contributed by atoms with van der Waals surface area (Å²) in [5.74, 6) is 1.85. The van der Waals surface area contributed by atoms with Crippen molar-refractivity contribution in [3.05, 3.63) is 53.6 Å². The molecule has 0 aliphatic rings. The molecule has 0 spiro atoms. The third-order valence-electron chi connectivity index (χ3n) is 3.05. The predicted molar refractivity (Wildman–Crippen MR) is 85.7 cm³/mol. The summed E-state index contributed by atoms with van der Waals surface area (Å²) in [4.78, 5) is 4.28. The van der Waals surface area contributed by atoms with Crippen molar-refractivity contribution in [1.29, 1.82) is 0 Å². The van der Waals surface area contributed by atoms with Gasteiger partial charge in [-0.15, -0.1) is 5.10 Å². The van der Waals surface area contributed by atoms with Crippen LogP contribution in [0.2, 0.25) is 5.02 Å². The fourth-order valence-electron chi connectivity index (χ4n) is 1.96. The number of hydrogen-bond acceptors (Lipinski definition) is 8. The van der Waals surface area contributed by atoms with E-state index in [4.69, 9.17) is 20.5 Å². The largest absolute Gasteiger partial charge is 0.461 e. The Morgan fingerprint density at radius 3 is 2.83 bits per heavy atom. The minimum absolute atomic E-state index is 0.410. The van der Waals surface area contributed by atoms with Crippen molar-refractivity contribution >= 4 is 23.4 Å². The Morgan fingerprint density at radius 1 is 1.17 bits per heavy atom. The molecule has 10 heteroatoms. The van der Waals surface area contributed by atoms with Gasteiger partial charge in [0.2, 0.25) is 16.9 Å². The third kappa shape index (κ3) is 3.03. The molecule has 0 fully saturated rings. The van der Waals surface area contributed by atoms with Crippen LogP contribution >= 0.6 is 23.4 Å². The molecule has 0 amide bonds. The molecule has 8 nitrogen and oxygen atoms in total. The van der Waals surface area contributed by atoms with Crippen LogP contribution in [0.1, 0.15) is 5.89 Å². The topological polar surface area (TPSA) is 95.7 Å². The van der Waals surface area contributed by atoms with Gasteiger partial charge >= 0.3 is 0 Å². The van der Waals surface area contributed by atoms with Crippen molar-refractivity contribution in [3.8, 4) is 17.3 Å². The van der Waals surface area contributed by atoms with Gasteiger partial charge in [0.25, 0.3) is 0 Å². The molecule has 120 valence electrons. The number of halogens is 1. The van der Waals surface area contributed by atoms with Crippen LogP contribution in [0.15, 0.2) is 56.8 Å². The van der Waals surface area contributed by atoms with Gasteiger partial charge in [-0.3, -0.25) is 0 Å². The lowest BCUT2D eigenvalue weighted by molar-refractivity contribution is 0.390. The van der Waals surface area contributed by atoms with Crippen LogP contribution in [0.4, 0.5) is 0 Å². The van der Waals surface area contributed by atoms with Gasteiger partial charge in [-0.25, -0.2) is 0 Å². The van der Waals surface area contributed by atoms with E-state index in [0.717, 1.165) is 5.69 Å². The maximum Gasteiger partial charge on any atom is 0.238 e. The first-order valence-corrected chi connectivity index (χ1v) is 8.19. The molecule has 0 N–H and O–H groups in total. The van der Waals surface area contributed by atoms with E-state index < -0.39 is 0 Å². The van der Waals surface area contributed by atoms with Crippen molar-refractivity contribution in [3.63, 3.8) is 0 Å². The molecule has 1 aromatic carbocycles. The van der Waals surface area contributed by atoms with Gasteiger partial charge in [-0.1, -0.05) is 28.5 Å². The highest BCUT2D eigenvalue weighted by molar-refractivity contribution is 7.98. The lowest BCUT2D eigenvalue weighted by Gasteiger charge is -2.02. The van der Waals surface area contributed by atoms with Gasteiger partial charge in [0.15, 0.2) is 5.76 Å². The van der Waals surface area contributed by atoms with Gasteiger partial charge < -0.3 is 8.94 Å². The van der Waals surface area contributed by atoms with E-state index in [2.05, 4.69) is 25.7 Å². The Balaban J connectivity index is 1.49. The van der Waals surface area contributed by atoms with Crippen molar-refractivity contribution in [2.75, 3.05) is 0 Å². The molecule has 0 radical (unpaired) electrons. The minimum atomic E-state index is 0.410. The molecule has 4 rings (SSSR count). The summed E-state index contributed by atoms with van der Waals surface area (Å²) in [6.07, 6.45) is 1.56. The normalized spacial score (nSPS) is 11.0. The summed E-state index contributed by atoms with van der Waals surface area (Å²) in [5.41, 5.74) is 0.814. The van der Waals surface area contributed by atoms with E-state index in [-0.39, 0.29) is 0 Å². The summed E-state index contributed by atoms with van der Waals surface area (Å²) in [6, 6.07) is 10.8. The van der Waals surface area contributed by atoms with Crippen molar-refractivity contribution in [2.45, 2.75) is 10.9 Å². The summed E-state index contributed by atoms with van der Waals surface area (Å²) in [7, 11) is 0. The number of nitrogens with zero attached hydrogens (tertiary/aromatic N) is 6. The van der Waals surface area contributed by atoms with E-state index in [1.165, 1.54) is 11.8 Å². The van der Waals surface area contributed by atoms with Gasteiger partial charge in [-0.2, -0.15) is 9.67 Å². The molecule has 0 bridgehead atoms. The maximum atomic E-state index is 5.90. The Labute approximate surface area is 144 Å². The minimum Gasteiger partial charge on any atom is -0.461 e. The monoisotopic (exact) mass is 360 g/mol. The van der Waals surface area contributed by atoms with E-state index in [1.54, 1.807) is 35.2 Å². The van der Waals surface area contributed by atoms with E-state index in [1.807, 2.05) is 12.1 Å². The molecule has 0 atom stereocenters. The van der Waals surface area contributed by atoms with Crippen LogP contribution in [0.3, 0.4) is 0 Å². The van der Waals surface area contributed by atoms with Crippen LogP contribution in [0.25, 0.3) is 17.3 Å². The Kier molecular flexibility index (Phi) is 4.01. The lowest BCUT2D eigenvalue weighted by atomic mass is 10.3. The van der Waals surface area contributed by atoms with Crippen molar-refractivity contribution < 1.29 is 8.94 Å². The number of tetrazole rings is 1. The fraction of sp³-hybridized carbons (Fsp3) is 0.0714. The summed E-state index contributed by atoms with van der Waals surface area (Å²) >= 11 is 7.28. The van der Waals surface area contributed by atoms with Crippen LogP contribution in [0, 0.1) is 0 Å². The average molecular weight is 361 g/mol. The molecular formula is C14H9ClN6O2S. The zero-order valence-corrected chi connectivity index (χ0v) is 13.6. The molecular weight excluding hydrogens is 352 g/mol. The number of rotatable bonds is 5.